The Bertz CT molecular complexity index is 513. The molecule has 0 radical (unpaired) electrons. The SMILES string of the molecule is CC(C)n1cnc2cc(C(F)(F)F)cnc21. The second-order valence-electron chi connectivity index (χ2n) is 3.81. The van der Waals surface area contributed by atoms with Crippen molar-refractivity contribution in [2.75, 3.05) is 0 Å². The Labute approximate surface area is 89.9 Å². The number of aromatic nitrogens is 3. The zero-order valence-electron chi connectivity index (χ0n) is 8.78. The summed E-state index contributed by atoms with van der Waals surface area (Å²) in [5, 5.41) is 0. The van der Waals surface area contributed by atoms with E-state index in [-0.39, 0.29) is 11.6 Å². The van der Waals surface area contributed by atoms with Crippen molar-refractivity contribution in [1.29, 1.82) is 0 Å². The molecule has 2 heterocycles. The molecule has 0 unspecified atom stereocenters. The lowest BCUT2D eigenvalue weighted by molar-refractivity contribution is -0.137. The van der Waals surface area contributed by atoms with E-state index in [2.05, 4.69) is 9.97 Å². The first-order chi connectivity index (χ1) is 7.39. The molecule has 86 valence electrons. The minimum absolute atomic E-state index is 0.120. The van der Waals surface area contributed by atoms with E-state index in [4.69, 9.17) is 0 Å². The fourth-order valence-corrected chi connectivity index (χ4v) is 1.45. The van der Waals surface area contributed by atoms with Crippen molar-refractivity contribution >= 4 is 11.2 Å². The Morgan fingerprint density at radius 2 is 1.94 bits per heavy atom. The summed E-state index contributed by atoms with van der Waals surface area (Å²) in [5.41, 5.74) is -0.0273. The Morgan fingerprint density at radius 1 is 1.25 bits per heavy atom. The largest absolute Gasteiger partial charge is 0.417 e. The van der Waals surface area contributed by atoms with Crippen LogP contribution in [0, 0.1) is 0 Å². The maximum Gasteiger partial charge on any atom is 0.417 e. The van der Waals surface area contributed by atoms with E-state index in [9.17, 15) is 13.2 Å². The van der Waals surface area contributed by atoms with Crippen LogP contribution >= 0.6 is 0 Å². The highest BCUT2D eigenvalue weighted by Gasteiger charge is 2.31. The summed E-state index contributed by atoms with van der Waals surface area (Å²) in [7, 11) is 0. The third kappa shape index (κ3) is 1.75. The molecule has 0 fully saturated rings. The third-order valence-electron chi connectivity index (χ3n) is 2.30. The van der Waals surface area contributed by atoms with E-state index in [0.29, 0.717) is 5.65 Å². The predicted octanol–water partition coefficient (Wildman–Crippen LogP) is 3.03. The lowest BCUT2D eigenvalue weighted by Crippen LogP contribution is -2.06. The highest BCUT2D eigenvalue weighted by Crippen LogP contribution is 2.30. The molecule has 0 spiro atoms. The van der Waals surface area contributed by atoms with Crippen LogP contribution in [0.1, 0.15) is 25.5 Å². The lowest BCUT2D eigenvalue weighted by atomic mass is 10.2. The number of pyridine rings is 1. The van der Waals surface area contributed by atoms with Crippen LogP contribution in [0.5, 0.6) is 0 Å². The van der Waals surface area contributed by atoms with Gasteiger partial charge in [0, 0.05) is 12.2 Å². The fourth-order valence-electron chi connectivity index (χ4n) is 1.45. The van der Waals surface area contributed by atoms with Gasteiger partial charge in [0.2, 0.25) is 0 Å². The van der Waals surface area contributed by atoms with Crippen molar-refractivity contribution in [3.8, 4) is 0 Å². The number of rotatable bonds is 1. The first kappa shape index (κ1) is 10.9. The third-order valence-corrected chi connectivity index (χ3v) is 2.30. The van der Waals surface area contributed by atoms with Crippen molar-refractivity contribution in [3.05, 3.63) is 24.2 Å². The summed E-state index contributed by atoms with van der Waals surface area (Å²) in [6.07, 6.45) is -2.03. The standard InChI is InChI=1S/C10H10F3N3/c1-6(2)16-5-15-8-3-7(10(11,12)13)4-14-9(8)16/h3-6H,1-2H3. The number of fused-ring (bicyclic) bond motifs is 1. The van der Waals surface area contributed by atoms with Crippen molar-refractivity contribution < 1.29 is 13.2 Å². The Balaban J connectivity index is 2.58. The Kier molecular flexibility index (Phi) is 2.36. The molecule has 0 N–H and O–H groups in total. The van der Waals surface area contributed by atoms with E-state index in [1.54, 1.807) is 4.57 Å². The van der Waals surface area contributed by atoms with E-state index in [1.165, 1.54) is 6.33 Å². The molecule has 16 heavy (non-hydrogen) atoms. The molecule has 6 heteroatoms. The van der Waals surface area contributed by atoms with Gasteiger partial charge in [0.25, 0.3) is 0 Å². The molecule has 0 bridgehead atoms. The molecule has 0 aromatic carbocycles. The number of alkyl halides is 3. The van der Waals surface area contributed by atoms with Crippen LogP contribution in [0.3, 0.4) is 0 Å². The second-order valence-corrected chi connectivity index (χ2v) is 3.81. The van der Waals surface area contributed by atoms with Gasteiger partial charge in [-0.3, -0.25) is 0 Å². The monoisotopic (exact) mass is 229 g/mol. The van der Waals surface area contributed by atoms with E-state index in [1.807, 2.05) is 13.8 Å². The summed E-state index contributed by atoms with van der Waals surface area (Å²) >= 11 is 0. The molecular weight excluding hydrogens is 219 g/mol. The zero-order chi connectivity index (χ0) is 11.9. The Hall–Kier alpha value is -1.59. The minimum Gasteiger partial charge on any atom is -0.313 e. The summed E-state index contributed by atoms with van der Waals surface area (Å²) < 4.78 is 39.0. The molecular formula is C10H10F3N3. The predicted molar refractivity (Wildman–Crippen MR) is 52.9 cm³/mol. The quantitative estimate of drug-likeness (QED) is 0.752. The highest BCUT2D eigenvalue weighted by atomic mass is 19.4. The van der Waals surface area contributed by atoms with Gasteiger partial charge < -0.3 is 4.57 Å². The van der Waals surface area contributed by atoms with Crippen LogP contribution in [0.4, 0.5) is 13.2 Å². The number of hydrogen-bond acceptors (Lipinski definition) is 2. The summed E-state index contributed by atoms with van der Waals surface area (Å²) in [6.45, 7) is 3.83. The molecule has 0 amide bonds. The lowest BCUT2D eigenvalue weighted by Gasteiger charge is -2.08. The summed E-state index contributed by atoms with van der Waals surface area (Å²) in [6, 6.07) is 1.13. The van der Waals surface area contributed by atoms with Crippen LogP contribution in [0.25, 0.3) is 11.2 Å². The molecule has 0 saturated heterocycles. The van der Waals surface area contributed by atoms with Crippen LogP contribution in [-0.4, -0.2) is 14.5 Å². The van der Waals surface area contributed by atoms with Gasteiger partial charge in [0.15, 0.2) is 5.65 Å². The van der Waals surface area contributed by atoms with Gasteiger partial charge >= 0.3 is 6.18 Å². The van der Waals surface area contributed by atoms with Crippen molar-refractivity contribution in [1.82, 2.24) is 14.5 Å². The van der Waals surface area contributed by atoms with Crippen molar-refractivity contribution in [2.45, 2.75) is 26.1 Å². The number of halogens is 3. The smallest absolute Gasteiger partial charge is 0.313 e. The molecule has 0 atom stereocenters. The van der Waals surface area contributed by atoms with E-state index < -0.39 is 11.7 Å². The van der Waals surface area contributed by atoms with E-state index in [0.717, 1.165) is 12.3 Å². The van der Waals surface area contributed by atoms with Crippen LogP contribution in [0.15, 0.2) is 18.6 Å². The van der Waals surface area contributed by atoms with Gasteiger partial charge in [0.1, 0.15) is 5.52 Å². The van der Waals surface area contributed by atoms with Gasteiger partial charge in [-0.1, -0.05) is 0 Å². The number of hydrogen-bond donors (Lipinski definition) is 0. The topological polar surface area (TPSA) is 30.7 Å². The summed E-state index contributed by atoms with van der Waals surface area (Å²) in [4.78, 5) is 7.72. The number of imidazole rings is 1. The molecule has 2 aromatic rings. The normalized spacial score (nSPS) is 12.6. The van der Waals surface area contributed by atoms with E-state index >= 15 is 0 Å². The molecule has 0 saturated carbocycles. The average molecular weight is 229 g/mol. The van der Waals surface area contributed by atoms with Gasteiger partial charge in [0.05, 0.1) is 11.9 Å². The molecule has 2 rings (SSSR count). The first-order valence-corrected chi connectivity index (χ1v) is 4.79. The molecule has 0 aliphatic carbocycles. The second kappa shape index (κ2) is 3.47. The van der Waals surface area contributed by atoms with Crippen LogP contribution < -0.4 is 0 Å². The van der Waals surface area contributed by atoms with Gasteiger partial charge in [-0.15, -0.1) is 0 Å². The number of nitrogens with zero attached hydrogens (tertiary/aromatic N) is 3. The average Bonchev–Trinajstić information content (AvgIpc) is 2.58. The molecule has 3 nitrogen and oxygen atoms in total. The fraction of sp³-hybridized carbons (Fsp3) is 0.400. The van der Waals surface area contributed by atoms with Crippen molar-refractivity contribution in [3.63, 3.8) is 0 Å². The van der Waals surface area contributed by atoms with Crippen LogP contribution in [0.2, 0.25) is 0 Å². The summed E-state index contributed by atoms with van der Waals surface area (Å²) in [5.74, 6) is 0. The molecule has 0 aliphatic heterocycles. The zero-order valence-corrected chi connectivity index (χ0v) is 8.78. The van der Waals surface area contributed by atoms with Gasteiger partial charge in [-0.05, 0) is 19.9 Å². The maximum absolute atomic E-state index is 12.4. The highest BCUT2D eigenvalue weighted by molar-refractivity contribution is 5.71. The molecule has 2 aromatic heterocycles. The minimum atomic E-state index is -4.37. The molecule has 0 aliphatic rings. The first-order valence-electron chi connectivity index (χ1n) is 4.79. The van der Waals surface area contributed by atoms with Gasteiger partial charge in [-0.2, -0.15) is 13.2 Å². The van der Waals surface area contributed by atoms with Gasteiger partial charge in [-0.25, -0.2) is 9.97 Å². The maximum atomic E-state index is 12.4. The van der Waals surface area contributed by atoms with Crippen molar-refractivity contribution in [2.24, 2.45) is 0 Å². The Morgan fingerprint density at radius 3 is 2.50 bits per heavy atom. The van der Waals surface area contributed by atoms with Crippen LogP contribution in [-0.2, 0) is 6.18 Å².